The van der Waals surface area contributed by atoms with Crippen LogP contribution in [0.15, 0.2) is 60.4 Å². The van der Waals surface area contributed by atoms with Crippen LogP contribution in [-0.4, -0.2) is 9.55 Å². The Kier molecular flexibility index (Phi) is 4.02. The molecule has 21 heavy (non-hydrogen) atoms. The smallest absolute Gasteiger partial charge is 0.0966 e. The van der Waals surface area contributed by atoms with Crippen molar-refractivity contribution < 1.29 is 0 Å². The standard InChI is InChI=1S/C17H12IN3/c18-15-7-5-13(6-8-15)9-14(10-19)11-21-12-20-16-3-1-2-4-17(16)21/h1-9,12H,11H2/b14-9-. The van der Waals surface area contributed by atoms with Crippen molar-refractivity contribution in [2.24, 2.45) is 0 Å². The largest absolute Gasteiger partial charge is 0.325 e. The second-order valence-electron chi connectivity index (χ2n) is 4.69. The Balaban J connectivity index is 1.91. The molecule has 102 valence electrons. The highest BCUT2D eigenvalue weighted by Gasteiger charge is 2.04. The van der Waals surface area contributed by atoms with Crippen molar-refractivity contribution in [1.29, 1.82) is 5.26 Å². The molecule has 0 bridgehead atoms. The summed E-state index contributed by atoms with van der Waals surface area (Å²) < 4.78 is 3.18. The van der Waals surface area contributed by atoms with E-state index < -0.39 is 0 Å². The first-order chi connectivity index (χ1) is 10.3. The van der Waals surface area contributed by atoms with E-state index in [1.54, 1.807) is 6.33 Å². The molecule has 0 fully saturated rings. The Morgan fingerprint density at radius 1 is 1.19 bits per heavy atom. The van der Waals surface area contributed by atoms with E-state index in [0.29, 0.717) is 12.1 Å². The van der Waals surface area contributed by atoms with E-state index in [9.17, 15) is 5.26 Å². The van der Waals surface area contributed by atoms with E-state index in [-0.39, 0.29) is 0 Å². The predicted molar refractivity (Wildman–Crippen MR) is 92.5 cm³/mol. The maximum absolute atomic E-state index is 9.36. The normalized spacial score (nSPS) is 11.5. The summed E-state index contributed by atoms with van der Waals surface area (Å²) in [6, 6.07) is 18.3. The van der Waals surface area contributed by atoms with E-state index in [1.165, 1.54) is 3.57 Å². The van der Waals surface area contributed by atoms with Gasteiger partial charge in [0.1, 0.15) is 0 Å². The predicted octanol–water partition coefficient (Wildman–Crippen LogP) is 4.25. The van der Waals surface area contributed by atoms with Gasteiger partial charge in [0.25, 0.3) is 0 Å². The topological polar surface area (TPSA) is 41.6 Å². The first-order valence-electron chi connectivity index (χ1n) is 6.52. The molecule has 3 aromatic rings. The minimum Gasteiger partial charge on any atom is -0.325 e. The van der Waals surface area contributed by atoms with E-state index >= 15 is 0 Å². The number of allylic oxidation sites excluding steroid dienone is 1. The summed E-state index contributed by atoms with van der Waals surface area (Å²) in [5.74, 6) is 0. The van der Waals surface area contributed by atoms with E-state index in [0.717, 1.165) is 16.6 Å². The van der Waals surface area contributed by atoms with Gasteiger partial charge in [-0.3, -0.25) is 0 Å². The Hall–Kier alpha value is -2.13. The Labute approximate surface area is 136 Å². The molecule has 0 unspecified atom stereocenters. The number of hydrogen-bond donors (Lipinski definition) is 0. The lowest BCUT2D eigenvalue weighted by molar-refractivity contribution is 0.830. The van der Waals surface area contributed by atoms with Gasteiger partial charge in [-0.2, -0.15) is 5.26 Å². The molecule has 0 aliphatic heterocycles. The minimum atomic E-state index is 0.531. The number of benzene rings is 2. The van der Waals surface area contributed by atoms with Crippen LogP contribution in [0.3, 0.4) is 0 Å². The van der Waals surface area contributed by atoms with Gasteiger partial charge < -0.3 is 4.57 Å². The van der Waals surface area contributed by atoms with Crippen molar-refractivity contribution >= 4 is 39.7 Å². The summed E-state index contributed by atoms with van der Waals surface area (Å²) in [5, 5.41) is 9.36. The van der Waals surface area contributed by atoms with E-state index in [1.807, 2.05) is 59.2 Å². The van der Waals surface area contributed by atoms with Gasteiger partial charge in [0, 0.05) is 9.14 Å². The third kappa shape index (κ3) is 3.14. The highest BCUT2D eigenvalue weighted by atomic mass is 127. The fourth-order valence-electron chi connectivity index (χ4n) is 2.19. The average Bonchev–Trinajstić information content (AvgIpc) is 2.92. The fraction of sp³-hybridized carbons (Fsp3) is 0.0588. The van der Waals surface area contributed by atoms with Crippen LogP contribution >= 0.6 is 22.6 Å². The van der Waals surface area contributed by atoms with Crippen molar-refractivity contribution in [3.8, 4) is 6.07 Å². The van der Waals surface area contributed by atoms with Crippen LogP contribution in [0.4, 0.5) is 0 Å². The van der Waals surface area contributed by atoms with Gasteiger partial charge in [-0.05, 0) is 58.5 Å². The number of fused-ring (bicyclic) bond motifs is 1. The molecule has 0 saturated carbocycles. The van der Waals surface area contributed by atoms with Crippen molar-refractivity contribution in [3.05, 3.63) is 69.6 Å². The molecule has 1 aromatic heterocycles. The number of aromatic nitrogens is 2. The molecule has 0 atom stereocenters. The monoisotopic (exact) mass is 385 g/mol. The van der Waals surface area contributed by atoms with Crippen LogP contribution in [0.5, 0.6) is 0 Å². The third-order valence-electron chi connectivity index (χ3n) is 3.22. The first kappa shape index (κ1) is 13.8. The molecule has 1 heterocycles. The molecule has 3 nitrogen and oxygen atoms in total. The number of nitrogens with zero attached hydrogens (tertiary/aromatic N) is 3. The molecule has 0 amide bonds. The quantitative estimate of drug-likeness (QED) is 0.500. The van der Waals surface area contributed by atoms with Gasteiger partial charge in [0.15, 0.2) is 0 Å². The van der Waals surface area contributed by atoms with Crippen molar-refractivity contribution in [1.82, 2.24) is 9.55 Å². The van der Waals surface area contributed by atoms with Gasteiger partial charge in [-0.25, -0.2) is 4.98 Å². The highest BCUT2D eigenvalue weighted by molar-refractivity contribution is 14.1. The molecule has 0 aliphatic carbocycles. The van der Waals surface area contributed by atoms with Crippen LogP contribution in [0.1, 0.15) is 5.56 Å². The number of nitriles is 1. The minimum absolute atomic E-state index is 0.531. The summed E-state index contributed by atoms with van der Waals surface area (Å²) >= 11 is 2.27. The second kappa shape index (κ2) is 6.10. The first-order valence-corrected chi connectivity index (χ1v) is 7.60. The fourth-order valence-corrected chi connectivity index (χ4v) is 2.55. The zero-order chi connectivity index (χ0) is 14.7. The summed E-state index contributed by atoms with van der Waals surface area (Å²) in [7, 11) is 0. The van der Waals surface area contributed by atoms with Crippen LogP contribution in [-0.2, 0) is 6.54 Å². The summed E-state index contributed by atoms with van der Waals surface area (Å²) in [4.78, 5) is 4.35. The van der Waals surface area contributed by atoms with Crippen LogP contribution in [0, 0.1) is 14.9 Å². The van der Waals surface area contributed by atoms with Gasteiger partial charge in [0.2, 0.25) is 0 Å². The lowest BCUT2D eigenvalue weighted by atomic mass is 10.1. The van der Waals surface area contributed by atoms with Crippen molar-refractivity contribution in [2.45, 2.75) is 6.54 Å². The molecular formula is C17H12IN3. The molecule has 0 aliphatic rings. The lowest BCUT2D eigenvalue weighted by Crippen LogP contribution is -1.98. The van der Waals surface area contributed by atoms with E-state index in [4.69, 9.17) is 0 Å². The molecule has 0 saturated heterocycles. The molecule has 3 rings (SSSR count). The lowest BCUT2D eigenvalue weighted by Gasteiger charge is -2.03. The number of imidazole rings is 1. The average molecular weight is 385 g/mol. The molecule has 0 N–H and O–H groups in total. The SMILES string of the molecule is N#C/C(=C/c1ccc(I)cc1)Cn1cnc2ccccc21. The Morgan fingerprint density at radius 2 is 1.95 bits per heavy atom. The van der Waals surface area contributed by atoms with Crippen LogP contribution in [0.25, 0.3) is 17.1 Å². The molecule has 0 spiro atoms. The Bertz CT molecular complexity index is 838. The van der Waals surface area contributed by atoms with Gasteiger partial charge >= 0.3 is 0 Å². The number of hydrogen-bond acceptors (Lipinski definition) is 2. The van der Waals surface area contributed by atoms with Gasteiger partial charge in [0.05, 0.1) is 30.0 Å². The third-order valence-corrected chi connectivity index (χ3v) is 3.94. The molecule has 4 heteroatoms. The highest BCUT2D eigenvalue weighted by Crippen LogP contribution is 2.15. The molecule has 2 aromatic carbocycles. The maximum atomic E-state index is 9.36. The van der Waals surface area contributed by atoms with Gasteiger partial charge in [-0.1, -0.05) is 24.3 Å². The van der Waals surface area contributed by atoms with Crippen LogP contribution in [0.2, 0.25) is 0 Å². The summed E-state index contributed by atoms with van der Waals surface area (Å²) in [5.41, 5.74) is 3.74. The summed E-state index contributed by atoms with van der Waals surface area (Å²) in [6.45, 7) is 0.531. The summed E-state index contributed by atoms with van der Waals surface area (Å²) in [6.07, 6.45) is 3.70. The molecule has 0 radical (unpaired) electrons. The van der Waals surface area contributed by atoms with Crippen molar-refractivity contribution in [2.75, 3.05) is 0 Å². The zero-order valence-electron chi connectivity index (χ0n) is 11.2. The van der Waals surface area contributed by atoms with Gasteiger partial charge in [-0.15, -0.1) is 0 Å². The van der Waals surface area contributed by atoms with Crippen LogP contribution < -0.4 is 0 Å². The van der Waals surface area contributed by atoms with Crippen molar-refractivity contribution in [3.63, 3.8) is 0 Å². The van der Waals surface area contributed by atoms with E-state index in [2.05, 4.69) is 33.6 Å². The maximum Gasteiger partial charge on any atom is 0.0966 e. The number of halogens is 1. The molecular weight excluding hydrogens is 373 g/mol. The number of rotatable bonds is 3. The number of para-hydroxylation sites is 2. The zero-order valence-corrected chi connectivity index (χ0v) is 13.4. The Morgan fingerprint density at radius 3 is 2.71 bits per heavy atom. The second-order valence-corrected chi connectivity index (χ2v) is 5.94.